The molecule has 102 valence electrons. The van der Waals surface area contributed by atoms with Crippen LogP contribution in [0.3, 0.4) is 0 Å². The van der Waals surface area contributed by atoms with Crippen LogP contribution in [0, 0.1) is 5.92 Å². The van der Waals surface area contributed by atoms with Crippen LogP contribution in [-0.4, -0.2) is 48.1 Å². The first-order valence-electron chi connectivity index (χ1n) is 6.18. The summed E-state index contributed by atoms with van der Waals surface area (Å²) in [5.41, 5.74) is 0. The summed E-state index contributed by atoms with van der Waals surface area (Å²) in [4.78, 5) is 11.0. The van der Waals surface area contributed by atoms with E-state index < -0.39 is 18.2 Å². The lowest BCUT2D eigenvalue weighted by Crippen LogP contribution is -2.34. The summed E-state index contributed by atoms with van der Waals surface area (Å²) < 4.78 is 4.72. The van der Waals surface area contributed by atoms with E-state index in [9.17, 15) is 15.0 Å². The molecule has 0 heterocycles. The molecule has 17 heavy (non-hydrogen) atoms. The Morgan fingerprint density at radius 2 is 1.82 bits per heavy atom. The van der Waals surface area contributed by atoms with Gasteiger partial charge in [-0.3, -0.25) is 4.79 Å². The van der Waals surface area contributed by atoms with E-state index in [0.29, 0.717) is 19.1 Å². The van der Waals surface area contributed by atoms with Crippen molar-refractivity contribution in [1.82, 2.24) is 5.32 Å². The van der Waals surface area contributed by atoms with Gasteiger partial charge in [-0.25, -0.2) is 0 Å². The smallest absolute Gasteiger partial charge is 0.308 e. The third kappa shape index (κ3) is 10.2. The van der Waals surface area contributed by atoms with Gasteiger partial charge in [-0.15, -0.1) is 0 Å². The largest absolute Gasteiger partial charge is 0.466 e. The number of aliphatic hydroxyl groups is 2. The zero-order chi connectivity index (χ0) is 13.3. The number of hydrogen-bond donors (Lipinski definition) is 3. The minimum Gasteiger partial charge on any atom is -0.466 e. The first-order chi connectivity index (χ1) is 7.95. The van der Waals surface area contributed by atoms with Crippen LogP contribution in [0.5, 0.6) is 0 Å². The van der Waals surface area contributed by atoms with E-state index in [-0.39, 0.29) is 13.0 Å². The van der Waals surface area contributed by atoms with Gasteiger partial charge in [0.15, 0.2) is 0 Å². The van der Waals surface area contributed by atoms with Gasteiger partial charge in [0, 0.05) is 13.1 Å². The summed E-state index contributed by atoms with van der Waals surface area (Å²) in [6, 6.07) is 0. The normalized spacial score (nSPS) is 14.7. The molecular formula is C12H25NO4. The van der Waals surface area contributed by atoms with Gasteiger partial charge in [0.2, 0.25) is 0 Å². The van der Waals surface area contributed by atoms with E-state index in [2.05, 4.69) is 5.32 Å². The topological polar surface area (TPSA) is 78.8 Å². The van der Waals surface area contributed by atoms with Crippen LogP contribution in [-0.2, 0) is 9.53 Å². The van der Waals surface area contributed by atoms with Crippen LogP contribution in [0.15, 0.2) is 0 Å². The molecule has 2 atom stereocenters. The molecule has 0 spiro atoms. The Kier molecular flexibility index (Phi) is 9.03. The van der Waals surface area contributed by atoms with Crippen LogP contribution in [0.2, 0.25) is 0 Å². The average Bonchev–Trinajstić information content (AvgIpc) is 2.16. The molecule has 0 saturated carbocycles. The molecule has 0 aliphatic rings. The van der Waals surface area contributed by atoms with Crippen molar-refractivity contribution in [1.29, 1.82) is 0 Å². The highest BCUT2D eigenvalue weighted by Gasteiger charge is 2.12. The lowest BCUT2D eigenvalue weighted by atomic mass is 10.1. The summed E-state index contributed by atoms with van der Waals surface area (Å²) in [5, 5.41) is 22.0. The van der Waals surface area contributed by atoms with Crippen LogP contribution in [0.25, 0.3) is 0 Å². The summed E-state index contributed by atoms with van der Waals surface area (Å²) in [6.07, 6.45) is -0.465. The lowest BCUT2D eigenvalue weighted by molar-refractivity contribution is -0.145. The quantitative estimate of drug-likeness (QED) is 0.511. The highest BCUT2D eigenvalue weighted by molar-refractivity contribution is 5.69. The number of rotatable bonds is 9. The Balaban J connectivity index is 3.56. The van der Waals surface area contributed by atoms with E-state index in [4.69, 9.17) is 4.74 Å². The molecular weight excluding hydrogens is 222 g/mol. The molecule has 0 fully saturated rings. The second kappa shape index (κ2) is 9.39. The van der Waals surface area contributed by atoms with Gasteiger partial charge in [-0.2, -0.15) is 0 Å². The molecule has 0 saturated heterocycles. The highest BCUT2D eigenvalue weighted by atomic mass is 16.5. The molecule has 0 amide bonds. The fraction of sp³-hybridized carbons (Fsp3) is 0.917. The number of carbonyl (C=O) groups excluding carboxylic acids is 1. The number of ether oxygens (including phenoxy) is 1. The standard InChI is InChI=1S/C12H25NO4/c1-4-17-12(16)6-11(15)8-13-7-10(14)5-9(2)3/h9-11,13-15H,4-8H2,1-3H3. The van der Waals surface area contributed by atoms with Gasteiger partial charge in [0.1, 0.15) is 0 Å². The van der Waals surface area contributed by atoms with Crippen molar-refractivity contribution >= 4 is 5.97 Å². The van der Waals surface area contributed by atoms with E-state index in [1.165, 1.54) is 0 Å². The minimum absolute atomic E-state index is 0.0128. The fourth-order valence-electron chi connectivity index (χ4n) is 1.53. The monoisotopic (exact) mass is 247 g/mol. The molecule has 0 aliphatic heterocycles. The second-order valence-corrected chi connectivity index (χ2v) is 4.60. The zero-order valence-corrected chi connectivity index (χ0v) is 11.0. The first-order valence-corrected chi connectivity index (χ1v) is 6.18. The molecule has 0 aromatic rings. The Morgan fingerprint density at radius 1 is 1.24 bits per heavy atom. The molecule has 3 N–H and O–H groups in total. The third-order valence-electron chi connectivity index (χ3n) is 2.21. The van der Waals surface area contributed by atoms with Gasteiger partial charge >= 0.3 is 5.97 Å². The summed E-state index contributed by atoms with van der Waals surface area (Å²) >= 11 is 0. The highest BCUT2D eigenvalue weighted by Crippen LogP contribution is 2.03. The number of aliphatic hydroxyl groups excluding tert-OH is 2. The van der Waals surface area contributed by atoms with E-state index in [0.717, 1.165) is 6.42 Å². The SMILES string of the molecule is CCOC(=O)CC(O)CNCC(O)CC(C)C. The summed E-state index contributed by atoms with van der Waals surface area (Å²) in [7, 11) is 0. The van der Waals surface area contributed by atoms with Crippen molar-refractivity contribution in [3.05, 3.63) is 0 Å². The molecule has 5 heteroatoms. The average molecular weight is 247 g/mol. The van der Waals surface area contributed by atoms with Gasteiger partial charge < -0.3 is 20.3 Å². The fourth-order valence-corrected chi connectivity index (χ4v) is 1.53. The molecule has 0 aromatic carbocycles. The Bertz CT molecular complexity index is 209. The molecule has 0 aromatic heterocycles. The maximum Gasteiger partial charge on any atom is 0.308 e. The van der Waals surface area contributed by atoms with Crippen molar-refractivity contribution in [3.8, 4) is 0 Å². The van der Waals surface area contributed by atoms with Crippen molar-refractivity contribution in [2.75, 3.05) is 19.7 Å². The van der Waals surface area contributed by atoms with Crippen molar-refractivity contribution in [3.63, 3.8) is 0 Å². The lowest BCUT2D eigenvalue weighted by Gasteiger charge is -2.15. The van der Waals surface area contributed by atoms with Gasteiger partial charge in [0.05, 0.1) is 25.2 Å². The number of hydrogen-bond acceptors (Lipinski definition) is 5. The van der Waals surface area contributed by atoms with Crippen LogP contribution >= 0.6 is 0 Å². The Hall–Kier alpha value is -0.650. The van der Waals surface area contributed by atoms with Crippen LogP contribution in [0.1, 0.15) is 33.6 Å². The van der Waals surface area contributed by atoms with Crippen LogP contribution < -0.4 is 5.32 Å². The van der Waals surface area contributed by atoms with E-state index >= 15 is 0 Å². The van der Waals surface area contributed by atoms with Crippen molar-refractivity contribution in [2.24, 2.45) is 5.92 Å². The number of carbonyl (C=O) groups is 1. The number of nitrogens with one attached hydrogen (secondary N) is 1. The van der Waals surface area contributed by atoms with Gasteiger partial charge in [-0.1, -0.05) is 13.8 Å². The first kappa shape index (κ1) is 16.4. The van der Waals surface area contributed by atoms with Gasteiger partial charge in [0.25, 0.3) is 0 Å². The van der Waals surface area contributed by atoms with E-state index in [1.807, 2.05) is 13.8 Å². The van der Waals surface area contributed by atoms with Crippen molar-refractivity contribution in [2.45, 2.75) is 45.8 Å². The third-order valence-corrected chi connectivity index (χ3v) is 2.21. The predicted octanol–water partition coefficient (Wildman–Crippen LogP) is 0.297. The maximum atomic E-state index is 11.0. The van der Waals surface area contributed by atoms with Crippen molar-refractivity contribution < 1.29 is 19.7 Å². The zero-order valence-electron chi connectivity index (χ0n) is 11.0. The van der Waals surface area contributed by atoms with Crippen LogP contribution in [0.4, 0.5) is 0 Å². The molecule has 0 radical (unpaired) electrons. The molecule has 0 aliphatic carbocycles. The Morgan fingerprint density at radius 3 is 2.35 bits per heavy atom. The Labute approximate surface area is 103 Å². The second-order valence-electron chi connectivity index (χ2n) is 4.60. The van der Waals surface area contributed by atoms with E-state index in [1.54, 1.807) is 6.92 Å². The summed E-state index contributed by atoms with van der Waals surface area (Å²) in [5.74, 6) is 0.0424. The predicted molar refractivity (Wildman–Crippen MR) is 65.6 cm³/mol. The maximum absolute atomic E-state index is 11.0. The minimum atomic E-state index is -0.764. The molecule has 0 bridgehead atoms. The molecule has 0 rings (SSSR count). The summed E-state index contributed by atoms with van der Waals surface area (Å²) in [6.45, 7) is 6.85. The number of esters is 1. The van der Waals surface area contributed by atoms with Gasteiger partial charge in [-0.05, 0) is 19.3 Å². The molecule has 5 nitrogen and oxygen atoms in total. The molecule has 2 unspecified atom stereocenters.